The minimum absolute atomic E-state index is 0.249. The van der Waals surface area contributed by atoms with Crippen molar-refractivity contribution in [2.24, 2.45) is 4.99 Å². The van der Waals surface area contributed by atoms with Crippen LogP contribution in [0.15, 0.2) is 39.9 Å². The molecule has 7 nitrogen and oxygen atoms in total. The van der Waals surface area contributed by atoms with Crippen molar-refractivity contribution in [2.75, 3.05) is 20.2 Å². The zero-order valence-electron chi connectivity index (χ0n) is 16.8. The number of ether oxygens (including phenoxy) is 1. The first-order valence-corrected chi connectivity index (χ1v) is 9.47. The van der Waals surface area contributed by atoms with Gasteiger partial charge in [0.1, 0.15) is 29.4 Å². The lowest BCUT2D eigenvalue weighted by atomic mass is 10.1. The number of rotatable bonds is 7. The van der Waals surface area contributed by atoms with Crippen LogP contribution in [0.4, 0.5) is 4.39 Å². The number of carbonyl (C=O) groups is 1. The number of H-pyrrole nitrogens is 1. The van der Waals surface area contributed by atoms with E-state index in [-0.39, 0.29) is 12.4 Å². The summed E-state index contributed by atoms with van der Waals surface area (Å²) in [7, 11) is 1.34. The van der Waals surface area contributed by atoms with Crippen molar-refractivity contribution in [1.29, 1.82) is 0 Å². The lowest BCUT2D eigenvalue weighted by Gasteiger charge is -2.10. The normalized spacial score (nSPS) is 11.7. The molecule has 0 saturated heterocycles. The molecular formula is C21H25FN4O3. The molecule has 0 aliphatic carbocycles. The molecule has 0 aliphatic heterocycles. The predicted octanol–water partition coefficient (Wildman–Crippen LogP) is 3.29. The molecule has 0 amide bonds. The van der Waals surface area contributed by atoms with Gasteiger partial charge >= 0.3 is 5.97 Å². The summed E-state index contributed by atoms with van der Waals surface area (Å²) in [5.41, 5.74) is 2.35. The van der Waals surface area contributed by atoms with Crippen molar-refractivity contribution in [3.05, 3.63) is 58.9 Å². The fraction of sp³-hybridized carbons (Fsp3) is 0.333. The summed E-state index contributed by atoms with van der Waals surface area (Å²) in [6.45, 7) is 5.30. The quantitative estimate of drug-likeness (QED) is 0.322. The molecule has 154 valence electrons. The van der Waals surface area contributed by atoms with Crippen LogP contribution < -0.4 is 10.6 Å². The number of hydrogen-bond donors (Lipinski definition) is 3. The van der Waals surface area contributed by atoms with Crippen molar-refractivity contribution in [3.8, 4) is 0 Å². The Morgan fingerprint density at radius 2 is 2.14 bits per heavy atom. The highest BCUT2D eigenvalue weighted by Gasteiger charge is 2.15. The molecule has 3 aromatic rings. The maximum absolute atomic E-state index is 13.5. The number of furan rings is 1. The Bertz CT molecular complexity index is 1020. The van der Waals surface area contributed by atoms with Gasteiger partial charge in [0, 0.05) is 30.2 Å². The highest BCUT2D eigenvalue weighted by atomic mass is 19.1. The SMILES string of the molecule is CCNC(=NCc1cc(C(=O)OC)c(C)o1)NCCc1c[nH]c2ccc(F)cc12. The van der Waals surface area contributed by atoms with E-state index in [4.69, 9.17) is 9.15 Å². The van der Waals surface area contributed by atoms with Crippen LogP contribution >= 0.6 is 0 Å². The fourth-order valence-electron chi connectivity index (χ4n) is 3.11. The molecule has 2 heterocycles. The summed E-state index contributed by atoms with van der Waals surface area (Å²) in [5.74, 6) is 1.04. The van der Waals surface area contributed by atoms with E-state index in [9.17, 15) is 9.18 Å². The zero-order valence-corrected chi connectivity index (χ0v) is 16.8. The molecule has 0 bridgehead atoms. The lowest BCUT2D eigenvalue weighted by molar-refractivity contribution is 0.0599. The van der Waals surface area contributed by atoms with E-state index in [1.165, 1.54) is 13.2 Å². The number of methoxy groups -OCH3 is 1. The third-order valence-corrected chi connectivity index (χ3v) is 4.53. The van der Waals surface area contributed by atoms with Gasteiger partial charge in [-0.25, -0.2) is 14.2 Å². The number of fused-ring (bicyclic) bond motifs is 1. The van der Waals surface area contributed by atoms with Gasteiger partial charge in [-0.1, -0.05) is 0 Å². The average Bonchev–Trinajstić information content (AvgIpc) is 3.28. The number of hydrogen-bond acceptors (Lipinski definition) is 4. The van der Waals surface area contributed by atoms with Crippen LogP contribution in [-0.2, 0) is 17.7 Å². The smallest absolute Gasteiger partial charge is 0.341 e. The molecule has 0 radical (unpaired) electrons. The minimum atomic E-state index is -0.429. The highest BCUT2D eigenvalue weighted by molar-refractivity contribution is 5.90. The molecule has 1 aromatic carbocycles. The third-order valence-electron chi connectivity index (χ3n) is 4.53. The number of aromatic amines is 1. The second kappa shape index (κ2) is 9.27. The summed E-state index contributed by atoms with van der Waals surface area (Å²) in [4.78, 5) is 19.3. The summed E-state index contributed by atoms with van der Waals surface area (Å²) in [6.07, 6.45) is 2.61. The van der Waals surface area contributed by atoms with Gasteiger partial charge in [0.05, 0.1) is 7.11 Å². The largest absolute Gasteiger partial charge is 0.465 e. The van der Waals surface area contributed by atoms with E-state index >= 15 is 0 Å². The predicted molar refractivity (Wildman–Crippen MR) is 110 cm³/mol. The molecule has 2 aromatic heterocycles. The Kier molecular flexibility index (Phi) is 6.54. The van der Waals surface area contributed by atoms with Crippen LogP contribution in [0.1, 0.15) is 34.4 Å². The molecule has 8 heteroatoms. The van der Waals surface area contributed by atoms with Crippen LogP contribution in [0, 0.1) is 12.7 Å². The Hall–Kier alpha value is -3.29. The number of nitrogens with one attached hydrogen (secondary N) is 3. The average molecular weight is 400 g/mol. The number of benzene rings is 1. The summed E-state index contributed by atoms with van der Waals surface area (Å²) in [5, 5.41) is 7.32. The van der Waals surface area contributed by atoms with Gasteiger partial charge in [0.15, 0.2) is 5.96 Å². The topological polar surface area (TPSA) is 91.7 Å². The maximum atomic E-state index is 13.5. The van der Waals surface area contributed by atoms with E-state index in [2.05, 4.69) is 20.6 Å². The number of aromatic nitrogens is 1. The van der Waals surface area contributed by atoms with Crippen molar-refractivity contribution < 1.29 is 18.3 Å². The van der Waals surface area contributed by atoms with Crippen LogP contribution in [0.5, 0.6) is 0 Å². The van der Waals surface area contributed by atoms with Crippen LogP contribution in [0.2, 0.25) is 0 Å². The zero-order chi connectivity index (χ0) is 20.8. The molecule has 0 fully saturated rings. The van der Waals surface area contributed by atoms with Crippen LogP contribution in [0.25, 0.3) is 10.9 Å². The van der Waals surface area contributed by atoms with Crippen molar-refractivity contribution in [2.45, 2.75) is 26.8 Å². The number of nitrogens with zero attached hydrogens (tertiary/aromatic N) is 1. The highest BCUT2D eigenvalue weighted by Crippen LogP contribution is 2.19. The fourth-order valence-corrected chi connectivity index (χ4v) is 3.11. The Balaban J connectivity index is 1.62. The first kappa shape index (κ1) is 20.4. The molecule has 3 N–H and O–H groups in total. The Morgan fingerprint density at radius 1 is 1.31 bits per heavy atom. The Labute approximate surface area is 168 Å². The second-order valence-corrected chi connectivity index (χ2v) is 6.55. The van der Waals surface area contributed by atoms with Crippen molar-refractivity contribution in [3.63, 3.8) is 0 Å². The molecule has 0 aliphatic rings. The Morgan fingerprint density at radius 3 is 2.90 bits per heavy atom. The standard InChI is InChI=1S/C21H25FN4O3/c1-4-23-21(26-12-16-10-17(13(2)29-16)20(27)28-3)24-8-7-14-11-25-19-6-5-15(22)9-18(14)19/h5-6,9-11,25H,4,7-8,12H2,1-3H3,(H2,23,24,26). The summed E-state index contributed by atoms with van der Waals surface area (Å²) < 4.78 is 23.8. The van der Waals surface area contributed by atoms with Crippen molar-refractivity contribution >= 4 is 22.8 Å². The number of aliphatic imine (C=N–C) groups is 1. The number of halogens is 1. The van der Waals surface area contributed by atoms with E-state index in [0.29, 0.717) is 42.6 Å². The van der Waals surface area contributed by atoms with Gasteiger partial charge in [-0.2, -0.15) is 0 Å². The van der Waals surface area contributed by atoms with Crippen LogP contribution in [-0.4, -0.2) is 37.1 Å². The minimum Gasteiger partial charge on any atom is -0.465 e. The molecule has 0 atom stereocenters. The summed E-state index contributed by atoms with van der Waals surface area (Å²) in [6, 6.07) is 6.37. The van der Waals surface area contributed by atoms with E-state index in [1.54, 1.807) is 25.1 Å². The molecule has 29 heavy (non-hydrogen) atoms. The summed E-state index contributed by atoms with van der Waals surface area (Å²) >= 11 is 0. The molecule has 3 rings (SSSR count). The number of carbonyl (C=O) groups excluding carboxylic acids is 1. The van der Waals surface area contributed by atoms with Crippen molar-refractivity contribution in [1.82, 2.24) is 15.6 Å². The molecular weight excluding hydrogens is 375 g/mol. The van der Waals surface area contributed by atoms with Gasteiger partial charge in [-0.3, -0.25) is 0 Å². The van der Waals surface area contributed by atoms with Crippen LogP contribution in [0.3, 0.4) is 0 Å². The van der Waals surface area contributed by atoms with E-state index in [0.717, 1.165) is 16.5 Å². The maximum Gasteiger partial charge on any atom is 0.341 e. The second-order valence-electron chi connectivity index (χ2n) is 6.55. The van der Waals surface area contributed by atoms with Gasteiger partial charge in [-0.05, 0) is 50.1 Å². The lowest BCUT2D eigenvalue weighted by Crippen LogP contribution is -2.38. The number of aryl methyl sites for hydroxylation is 1. The first-order chi connectivity index (χ1) is 14.0. The van der Waals surface area contributed by atoms with E-state index in [1.807, 2.05) is 13.1 Å². The van der Waals surface area contributed by atoms with Gasteiger partial charge in [0.25, 0.3) is 0 Å². The number of guanidine groups is 1. The number of esters is 1. The van der Waals surface area contributed by atoms with E-state index < -0.39 is 5.97 Å². The van der Waals surface area contributed by atoms with Gasteiger partial charge in [-0.15, -0.1) is 0 Å². The molecule has 0 saturated carbocycles. The molecule has 0 unspecified atom stereocenters. The molecule has 0 spiro atoms. The van der Waals surface area contributed by atoms with Gasteiger partial charge < -0.3 is 24.8 Å². The van der Waals surface area contributed by atoms with Gasteiger partial charge in [0.2, 0.25) is 0 Å². The third kappa shape index (κ3) is 4.96. The monoisotopic (exact) mass is 400 g/mol. The first-order valence-electron chi connectivity index (χ1n) is 9.47.